The van der Waals surface area contributed by atoms with Crippen LogP contribution in [0.2, 0.25) is 0 Å². The Morgan fingerprint density at radius 1 is 0.936 bits per heavy atom. The second-order valence-electron chi connectivity index (χ2n) is 11.9. The number of nitrogens with zero attached hydrogens (tertiary/aromatic N) is 3. The average molecular weight is 643 g/mol. The van der Waals surface area contributed by atoms with Crippen LogP contribution in [0, 0.1) is 6.92 Å². The van der Waals surface area contributed by atoms with Crippen LogP contribution in [0.4, 0.5) is 11.4 Å². The van der Waals surface area contributed by atoms with E-state index in [1.165, 1.54) is 12.0 Å². The molecular weight excluding hydrogens is 600 g/mol. The van der Waals surface area contributed by atoms with Crippen LogP contribution in [0.5, 0.6) is 11.5 Å². The number of rotatable bonds is 12. The number of nitrogens with one attached hydrogen (secondary N) is 3. The molecule has 2 heterocycles. The number of fused-ring (bicyclic) bond motifs is 1. The zero-order chi connectivity index (χ0) is 33.5. The summed E-state index contributed by atoms with van der Waals surface area (Å²) in [6.07, 6.45) is 3.02. The lowest BCUT2D eigenvalue weighted by atomic mass is 10.1. The minimum atomic E-state index is -0.441. The monoisotopic (exact) mass is 642 g/mol. The molecule has 0 radical (unpaired) electrons. The Balaban J connectivity index is 1.19. The number of benzene rings is 3. The number of unbranched alkanes of at least 4 members (excludes halogenated alkanes) is 2. The van der Waals surface area contributed by atoms with Crippen LogP contribution in [0.15, 0.2) is 59.4 Å². The lowest BCUT2D eigenvalue weighted by Gasteiger charge is -2.32. The molecule has 0 aliphatic carbocycles. The third kappa shape index (κ3) is 8.01. The second kappa shape index (κ2) is 15.0. The van der Waals surface area contributed by atoms with E-state index >= 15 is 0 Å². The number of anilines is 2. The zero-order valence-electron chi connectivity index (χ0n) is 27.4. The number of amides is 3. The van der Waals surface area contributed by atoms with Crippen molar-refractivity contribution in [1.29, 1.82) is 0 Å². The summed E-state index contributed by atoms with van der Waals surface area (Å²) in [5, 5.41) is 2.82. The SMILES string of the molecule is COc1cc(C(=O)N(C)c2ccc(C)cc2OCCCCCC(=O)N2CCN(C)CC2)ccc1NC(=O)c1cccc2[nH]c(=O)[nH]c12. The quantitative estimate of drug-likeness (QED) is 0.195. The summed E-state index contributed by atoms with van der Waals surface area (Å²) < 4.78 is 11.7. The standard InChI is InChI=1S/C35H42N6O6/c1-23-12-15-28(30(21-23)47-20-7-5-6-11-31(42)41-18-16-39(2)17-19-41)40(3)34(44)24-13-14-26(29(22-24)46-4)36-33(43)25-9-8-10-27-32(25)38-35(45)37-27/h8-10,12-15,21-22H,5-7,11,16-20H2,1-4H3,(H,36,43)(H2,37,38,45). The van der Waals surface area contributed by atoms with Gasteiger partial charge in [-0.2, -0.15) is 0 Å². The highest BCUT2D eigenvalue weighted by Crippen LogP contribution is 2.32. The van der Waals surface area contributed by atoms with Gasteiger partial charge in [0.2, 0.25) is 5.91 Å². The van der Waals surface area contributed by atoms with Gasteiger partial charge in [-0.25, -0.2) is 4.79 Å². The van der Waals surface area contributed by atoms with Gasteiger partial charge in [-0.05, 0) is 81.3 Å². The molecule has 0 atom stereocenters. The third-order valence-electron chi connectivity index (χ3n) is 8.42. The molecule has 0 saturated carbocycles. The van der Waals surface area contributed by atoms with Gasteiger partial charge >= 0.3 is 5.69 Å². The van der Waals surface area contributed by atoms with Gasteiger partial charge in [-0.3, -0.25) is 14.4 Å². The molecule has 47 heavy (non-hydrogen) atoms. The Kier molecular flexibility index (Phi) is 10.6. The number of piperazine rings is 1. The van der Waals surface area contributed by atoms with Crippen LogP contribution < -0.4 is 25.4 Å². The molecule has 0 unspecified atom stereocenters. The maximum absolute atomic E-state index is 13.6. The molecule has 5 rings (SSSR count). The van der Waals surface area contributed by atoms with Gasteiger partial charge in [0.1, 0.15) is 11.5 Å². The highest BCUT2D eigenvalue weighted by atomic mass is 16.5. The number of carbonyl (C=O) groups is 3. The molecule has 248 valence electrons. The fraction of sp³-hybridized carbons (Fsp3) is 0.371. The van der Waals surface area contributed by atoms with E-state index in [-0.39, 0.29) is 17.4 Å². The minimum absolute atomic E-state index is 0.221. The smallest absolute Gasteiger partial charge is 0.323 e. The molecule has 0 bridgehead atoms. The van der Waals surface area contributed by atoms with Crippen molar-refractivity contribution in [2.75, 3.05) is 64.2 Å². The van der Waals surface area contributed by atoms with Crippen molar-refractivity contribution in [2.24, 2.45) is 0 Å². The fourth-order valence-electron chi connectivity index (χ4n) is 5.63. The number of methoxy groups -OCH3 is 1. The summed E-state index contributed by atoms with van der Waals surface area (Å²) in [4.78, 5) is 62.0. The lowest BCUT2D eigenvalue weighted by Crippen LogP contribution is -2.47. The second-order valence-corrected chi connectivity index (χ2v) is 11.9. The summed E-state index contributed by atoms with van der Waals surface area (Å²) in [6.45, 7) is 5.86. The normalized spacial score (nSPS) is 13.4. The number of ether oxygens (including phenoxy) is 2. The Morgan fingerprint density at radius 2 is 1.72 bits per heavy atom. The number of carbonyl (C=O) groups excluding carboxylic acids is 3. The number of aromatic amines is 2. The van der Waals surface area contributed by atoms with E-state index in [0.29, 0.717) is 52.5 Å². The molecule has 3 aromatic carbocycles. The maximum atomic E-state index is 13.6. The van der Waals surface area contributed by atoms with Gasteiger partial charge in [-0.1, -0.05) is 12.1 Å². The highest BCUT2D eigenvalue weighted by molar-refractivity contribution is 6.12. The first-order valence-electron chi connectivity index (χ1n) is 15.8. The molecule has 3 N–H and O–H groups in total. The fourth-order valence-corrected chi connectivity index (χ4v) is 5.63. The van der Waals surface area contributed by atoms with Crippen LogP contribution in [0.3, 0.4) is 0 Å². The summed E-state index contributed by atoms with van der Waals surface area (Å²) in [6, 6.07) is 15.5. The number of H-pyrrole nitrogens is 2. The van der Waals surface area contributed by atoms with Crippen molar-refractivity contribution < 1.29 is 23.9 Å². The predicted molar refractivity (Wildman–Crippen MR) is 182 cm³/mol. The first-order valence-corrected chi connectivity index (χ1v) is 15.8. The molecule has 12 nitrogen and oxygen atoms in total. The first kappa shape index (κ1) is 33.3. The van der Waals surface area contributed by atoms with Crippen LogP contribution in [0.1, 0.15) is 52.0 Å². The van der Waals surface area contributed by atoms with E-state index < -0.39 is 11.6 Å². The number of imidazole rings is 1. The van der Waals surface area contributed by atoms with Crippen molar-refractivity contribution in [2.45, 2.75) is 32.6 Å². The molecular formula is C35H42N6O6. The summed E-state index contributed by atoms with van der Waals surface area (Å²) in [5.74, 6) is 0.399. The molecule has 1 fully saturated rings. The van der Waals surface area contributed by atoms with E-state index in [0.717, 1.165) is 51.0 Å². The van der Waals surface area contributed by atoms with Crippen molar-refractivity contribution in [3.8, 4) is 11.5 Å². The zero-order valence-corrected chi connectivity index (χ0v) is 27.4. The van der Waals surface area contributed by atoms with Crippen LogP contribution in [-0.2, 0) is 4.79 Å². The maximum Gasteiger partial charge on any atom is 0.323 e. The molecule has 1 saturated heterocycles. The van der Waals surface area contributed by atoms with Gasteiger partial charge < -0.3 is 39.5 Å². The van der Waals surface area contributed by atoms with E-state index in [1.54, 1.807) is 43.4 Å². The Labute approximate surface area is 273 Å². The number of hydrogen-bond donors (Lipinski definition) is 3. The van der Waals surface area contributed by atoms with Gasteiger partial charge in [0.25, 0.3) is 11.8 Å². The summed E-state index contributed by atoms with van der Waals surface area (Å²) in [5.41, 5.74) is 3.15. The highest BCUT2D eigenvalue weighted by Gasteiger charge is 2.21. The molecule has 12 heteroatoms. The van der Waals surface area contributed by atoms with Gasteiger partial charge in [-0.15, -0.1) is 0 Å². The van der Waals surface area contributed by atoms with Crippen LogP contribution >= 0.6 is 0 Å². The van der Waals surface area contributed by atoms with Crippen molar-refractivity contribution in [3.05, 3.63) is 81.8 Å². The van der Waals surface area contributed by atoms with E-state index in [2.05, 4.69) is 27.2 Å². The van der Waals surface area contributed by atoms with Crippen molar-refractivity contribution in [3.63, 3.8) is 0 Å². The summed E-state index contributed by atoms with van der Waals surface area (Å²) in [7, 11) is 5.22. The van der Waals surface area contributed by atoms with E-state index in [1.807, 2.05) is 30.0 Å². The lowest BCUT2D eigenvalue weighted by molar-refractivity contribution is -0.132. The van der Waals surface area contributed by atoms with E-state index in [9.17, 15) is 19.2 Å². The number of hydrogen-bond acceptors (Lipinski definition) is 7. The average Bonchev–Trinajstić information content (AvgIpc) is 3.46. The minimum Gasteiger partial charge on any atom is -0.495 e. The molecule has 1 aliphatic rings. The Morgan fingerprint density at radius 3 is 2.49 bits per heavy atom. The molecule has 0 spiro atoms. The molecule has 4 aromatic rings. The molecule has 1 aromatic heterocycles. The number of aromatic nitrogens is 2. The van der Waals surface area contributed by atoms with Gasteiger partial charge in [0, 0.05) is 45.2 Å². The number of likely N-dealkylation sites (N-methyl/N-ethyl adjacent to an activating group) is 1. The van der Waals surface area contributed by atoms with Crippen molar-refractivity contribution >= 4 is 40.1 Å². The predicted octanol–water partition coefficient (Wildman–Crippen LogP) is 4.42. The molecule has 3 amide bonds. The van der Waals surface area contributed by atoms with Gasteiger partial charge in [0.05, 0.1) is 41.7 Å². The topological polar surface area (TPSA) is 140 Å². The Bertz CT molecular complexity index is 1810. The largest absolute Gasteiger partial charge is 0.495 e. The first-order chi connectivity index (χ1) is 22.6. The molecule has 1 aliphatic heterocycles. The van der Waals surface area contributed by atoms with Crippen LogP contribution in [0.25, 0.3) is 11.0 Å². The van der Waals surface area contributed by atoms with Crippen LogP contribution in [-0.4, -0.2) is 91.5 Å². The Hall–Kier alpha value is -5.10. The third-order valence-corrected chi connectivity index (χ3v) is 8.42. The van der Waals surface area contributed by atoms with E-state index in [4.69, 9.17) is 9.47 Å². The van der Waals surface area contributed by atoms with Crippen molar-refractivity contribution in [1.82, 2.24) is 19.8 Å². The van der Waals surface area contributed by atoms with Gasteiger partial charge in [0.15, 0.2) is 0 Å². The summed E-state index contributed by atoms with van der Waals surface area (Å²) >= 11 is 0. The number of para-hydroxylation sites is 1. The number of aryl methyl sites for hydroxylation is 1.